The Bertz CT molecular complexity index is 1600. The fourth-order valence-electron chi connectivity index (χ4n) is 5.21. The molecule has 0 aliphatic heterocycles. The van der Waals surface area contributed by atoms with Gasteiger partial charge in [0.05, 0.1) is 18.6 Å². The van der Waals surface area contributed by atoms with E-state index in [-0.39, 0.29) is 47.6 Å². The summed E-state index contributed by atoms with van der Waals surface area (Å²) < 4.78 is 78.7. The lowest BCUT2D eigenvalue weighted by Gasteiger charge is -2.35. The maximum atomic E-state index is 14.4. The van der Waals surface area contributed by atoms with Gasteiger partial charge in [0, 0.05) is 41.6 Å². The van der Waals surface area contributed by atoms with Crippen LogP contribution in [0, 0.1) is 5.92 Å². The van der Waals surface area contributed by atoms with Gasteiger partial charge in [0.25, 0.3) is 0 Å². The molecule has 0 fully saturated rings. The van der Waals surface area contributed by atoms with Crippen LogP contribution in [0.25, 0.3) is 0 Å². The molecule has 1 aliphatic rings. The molecule has 0 spiro atoms. The number of aliphatic hydroxyl groups is 1. The molecule has 2 unspecified atom stereocenters. The maximum Gasteiger partial charge on any atom is 0.573 e. The first-order chi connectivity index (χ1) is 20.2. The Labute approximate surface area is 252 Å². The second kappa shape index (κ2) is 13.0. The largest absolute Gasteiger partial charge is 0.573 e. The van der Waals surface area contributed by atoms with Crippen molar-refractivity contribution in [1.82, 2.24) is 0 Å². The first kappa shape index (κ1) is 32.4. The van der Waals surface area contributed by atoms with E-state index in [1.165, 1.54) is 37.4 Å². The van der Waals surface area contributed by atoms with Gasteiger partial charge in [-0.3, -0.25) is 4.79 Å². The third-order valence-corrected chi connectivity index (χ3v) is 8.58. The maximum absolute atomic E-state index is 14.4. The molecule has 3 aromatic rings. The normalized spacial score (nSPS) is 15.8. The second-order valence-electron chi connectivity index (χ2n) is 10.2. The number of aryl methyl sites for hydroxylation is 1. The summed E-state index contributed by atoms with van der Waals surface area (Å²) in [6.45, 7) is -0.371. The quantitative estimate of drug-likeness (QED) is 0.290. The molecule has 3 aromatic carbocycles. The number of aliphatic hydroxyl groups excluding tert-OH is 1. The molecule has 4 rings (SSSR count). The zero-order valence-corrected chi connectivity index (χ0v) is 25.2. The lowest BCUT2D eigenvalue weighted by Crippen LogP contribution is -2.37. The number of sulfone groups is 1. The van der Waals surface area contributed by atoms with E-state index in [4.69, 9.17) is 21.1 Å². The number of anilines is 1. The number of nitrogens with zero attached hydrogens (tertiary/aromatic N) is 1. The van der Waals surface area contributed by atoms with Gasteiger partial charge in [-0.15, -0.1) is 13.2 Å². The Morgan fingerprint density at radius 3 is 2.49 bits per heavy atom. The van der Waals surface area contributed by atoms with Crippen molar-refractivity contribution in [3.63, 3.8) is 0 Å². The number of hydrogen-bond donors (Lipinski definition) is 1. The fourth-order valence-corrected chi connectivity index (χ4v) is 6.03. The number of hydrogen-bond acceptors (Lipinski definition) is 8. The highest BCUT2D eigenvalue weighted by molar-refractivity contribution is 7.90. The van der Waals surface area contributed by atoms with Gasteiger partial charge in [-0.1, -0.05) is 23.7 Å². The highest BCUT2D eigenvalue weighted by atomic mass is 35.5. The molecule has 232 valence electrons. The first-order valence-electron chi connectivity index (χ1n) is 13.3. The van der Waals surface area contributed by atoms with Gasteiger partial charge < -0.3 is 24.2 Å². The van der Waals surface area contributed by atoms with Gasteiger partial charge in [-0.25, -0.2) is 8.42 Å². The molecule has 0 bridgehead atoms. The van der Waals surface area contributed by atoms with Crippen LogP contribution < -0.4 is 19.1 Å². The van der Waals surface area contributed by atoms with Crippen LogP contribution in [0.4, 0.5) is 18.9 Å². The Kier molecular flexibility index (Phi) is 9.83. The standard InChI is InChI=1S/C30H31ClF3NO7S/c1-35(22-15-24(40-2)17-25(16-22)43(3,38)39)28(26-9-7-21(31)14-27(26)41-11-10-36)29(37)19-5-4-18-6-8-23(13-20(18)12-19)42-30(32,33)34/h6-9,13-17,19,28,36H,4-5,10-12H2,1-3H3. The molecule has 8 nitrogen and oxygen atoms in total. The number of ketones is 1. The zero-order valence-electron chi connectivity index (χ0n) is 23.7. The average Bonchev–Trinajstić information content (AvgIpc) is 2.94. The molecule has 0 amide bonds. The van der Waals surface area contributed by atoms with E-state index in [1.54, 1.807) is 36.2 Å². The van der Waals surface area contributed by atoms with Crippen molar-refractivity contribution < 1.29 is 45.7 Å². The molecule has 0 radical (unpaired) electrons. The molecular weight excluding hydrogens is 611 g/mol. The van der Waals surface area contributed by atoms with E-state index < -0.39 is 28.2 Å². The number of fused-ring (bicyclic) bond motifs is 1. The third-order valence-electron chi connectivity index (χ3n) is 7.25. The van der Waals surface area contributed by atoms with Crippen LogP contribution >= 0.6 is 11.6 Å². The smallest absolute Gasteiger partial charge is 0.497 e. The van der Waals surface area contributed by atoms with Crippen LogP contribution in [-0.4, -0.2) is 59.3 Å². The second-order valence-corrected chi connectivity index (χ2v) is 12.7. The minimum absolute atomic E-state index is 0.0171. The third kappa shape index (κ3) is 7.92. The molecule has 1 N–H and O–H groups in total. The van der Waals surface area contributed by atoms with E-state index in [0.717, 1.165) is 11.8 Å². The Morgan fingerprint density at radius 1 is 1.09 bits per heavy atom. The minimum atomic E-state index is -4.85. The topological polar surface area (TPSA) is 102 Å². The lowest BCUT2D eigenvalue weighted by atomic mass is 9.78. The molecule has 0 saturated carbocycles. The van der Waals surface area contributed by atoms with Gasteiger partial charge >= 0.3 is 6.36 Å². The predicted octanol–water partition coefficient (Wildman–Crippen LogP) is 5.57. The summed E-state index contributed by atoms with van der Waals surface area (Å²) in [6, 6.07) is 12.2. The molecule has 0 heterocycles. The molecule has 13 heteroatoms. The minimum Gasteiger partial charge on any atom is -0.497 e. The summed E-state index contributed by atoms with van der Waals surface area (Å²) in [6.07, 6.45) is -2.73. The number of ether oxygens (including phenoxy) is 3. The highest BCUT2D eigenvalue weighted by Crippen LogP contribution is 2.40. The molecule has 0 aromatic heterocycles. The van der Waals surface area contributed by atoms with E-state index in [2.05, 4.69) is 4.74 Å². The van der Waals surface area contributed by atoms with E-state index in [1.807, 2.05) is 0 Å². The summed E-state index contributed by atoms with van der Waals surface area (Å²) in [5.74, 6) is -0.740. The van der Waals surface area contributed by atoms with Crippen LogP contribution in [0.3, 0.4) is 0 Å². The van der Waals surface area contributed by atoms with Crippen molar-refractivity contribution in [1.29, 1.82) is 0 Å². The number of rotatable bonds is 11. The Balaban J connectivity index is 1.79. The van der Waals surface area contributed by atoms with E-state index >= 15 is 0 Å². The van der Waals surface area contributed by atoms with Crippen molar-refractivity contribution >= 4 is 32.9 Å². The Morgan fingerprint density at radius 2 is 1.84 bits per heavy atom. The summed E-state index contributed by atoms with van der Waals surface area (Å²) in [5.41, 5.74) is 2.17. The van der Waals surface area contributed by atoms with Gasteiger partial charge in [0.15, 0.2) is 15.6 Å². The van der Waals surface area contributed by atoms with Crippen molar-refractivity contribution in [2.75, 3.05) is 38.5 Å². The van der Waals surface area contributed by atoms with Crippen LogP contribution in [0.5, 0.6) is 17.2 Å². The molecule has 2 atom stereocenters. The number of methoxy groups -OCH3 is 1. The lowest BCUT2D eigenvalue weighted by molar-refractivity contribution is -0.274. The van der Waals surface area contributed by atoms with Gasteiger partial charge in [0.2, 0.25) is 0 Å². The van der Waals surface area contributed by atoms with Crippen LogP contribution in [-0.2, 0) is 27.5 Å². The van der Waals surface area contributed by atoms with Gasteiger partial charge in [0.1, 0.15) is 29.9 Å². The summed E-state index contributed by atoms with van der Waals surface area (Å²) in [5, 5.41) is 9.72. The summed E-state index contributed by atoms with van der Waals surface area (Å²) >= 11 is 6.24. The van der Waals surface area contributed by atoms with Crippen molar-refractivity contribution in [2.45, 2.75) is 36.6 Å². The van der Waals surface area contributed by atoms with E-state index in [0.29, 0.717) is 34.7 Å². The SMILES string of the molecule is COc1cc(N(C)C(C(=O)C2CCc3ccc(OC(F)(F)F)cc3C2)c2ccc(Cl)cc2OCCO)cc(S(C)(=O)=O)c1. The Hall–Kier alpha value is -3.48. The zero-order chi connectivity index (χ0) is 31.5. The number of benzene rings is 3. The number of likely N-dealkylation sites (N-methyl/N-ethyl adjacent to an activating group) is 1. The number of alkyl halides is 3. The van der Waals surface area contributed by atoms with Crippen LogP contribution in [0.2, 0.25) is 5.02 Å². The molecule has 43 heavy (non-hydrogen) atoms. The average molecular weight is 642 g/mol. The highest BCUT2D eigenvalue weighted by Gasteiger charge is 2.37. The van der Waals surface area contributed by atoms with Crippen molar-refractivity contribution in [2.24, 2.45) is 5.92 Å². The number of Topliss-reactive ketones (excluding diaryl/α,β-unsaturated/α-hetero) is 1. The first-order valence-corrected chi connectivity index (χ1v) is 15.5. The summed E-state index contributed by atoms with van der Waals surface area (Å²) in [4.78, 5) is 16.0. The monoisotopic (exact) mass is 641 g/mol. The number of halogens is 4. The van der Waals surface area contributed by atoms with Crippen molar-refractivity contribution in [3.05, 3.63) is 76.3 Å². The fraction of sp³-hybridized carbons (Fsp3) is 0.367. The molecule has 1 aliphatic carbocycles. The number of carbonyl (C=O) groups excluding carboxylic acids is 1. The number of carbonyl (C=O) groups is 1. The van der Waals surface area contributed by atoms with Crippen LogP contribution in [0.15, 0.2) is 59.5 Å². The van der Waals surface area contributed by atoms with Gasteiger partial charge in [-0.2, -0.15) is 0 Å². The molecule has 0 saturated heterocycles. The van der Waals surface area contributed by atoms with Crippen LogP contribution in [0.1, 0.15) is 29.2 Å². The summed E-state index contributed by atoms with van der Waals surface area (Å²) in [7, 11) is -0.635. The molecular formula is C30H31ClF3NO7S. The predicted molar refractivity (Wildman–Crippen MR) is 155 cm³/mol. The van der Waals surface area contributed by atoms with Gasteiger partial charge in [-0.05, 0) is 66.8 Å². The van der Waals surface area contributed by atoms with Crippen molar-refractivity contribution in [3.8, 4) is 17.2 Å². The van der Waals surface area contributed by atoms with E-state index in [9.17, 15) is 31.5 Å².